The number of halogens is 1. The Hall–Kier alpha value is -0.340. The highest BCUT2D eigenvalue weighted by molar-refractivity contribution is 9.10. The Bertz CT molecular complexity index is 294. The number of hydrogen-bond donors (Lipinski definition) is 1. The van der Waals surface area contributed by atoms with E-state index in [0.717, 1.165) is 4.47 Å². The van der Waals surface area contributed by atoms with E-state index in [1.54, 1.807) is 0 Å². The molecule has 0 saturated carbocycles. The molecule has 2 unspecified atom stereocenters. The standard InChI is InChI=1S/C11H16BrN/c1-7-6-10(4-5-11(7)12)8(2)9(3)13/h4-6,8-9H,13H2,1-3H3. The first-order valence-electron chi connectivity index (χ1n) is 4.54. The van der Waals surface area contributed by atoms with Gasteiger partial charge in [-0.15, -0.1) is 0 Å². The Kier molecular flexibility index (Phi) is 3.51. The summed E-state index contributed by atoms with van der Waals surface area (Å²) in [6, 6.07) is 6.62. The Labute approximate surface area is 88.5 Å². The first kappa shape index (κ1) is 10.7. The third kappa shape index (κ3) is 2.55. The highest BCUT2D eigenvalue weighted by Crippen LogP contribution is 2.23. The van der Waals surface area contributed by atoms with Crippen LogP contribution in [0.1, 0.15) is 30.9 Å². The van der Waals surface area contributed by atoms with Gasteiger partial charge in [-0.05, 0) is 37.0 Å². The van der Waals surface area contributed by atoms with Crippen LogP contribution in [0.15, 0.2) is 22.7 Å². The summed E-state index contributed by atoms with van der Waals surface area (Å²) in [5.74, 6) is 0.423. The minimum atomic E-state index is 0.209. The van der Waals surface area contributed by atoms with E-state index in [1.807, 2.05) is 6.92 Å². The molecule has 0 spiro atoms. The van der Waals surface area contributed by atoms with Gasteiger partial charge in [0.25, 0.3) is 0 Å². The van der Waals surface area contributed by atoms with Crippen LogP contribution in [-0.4, -0.2) is 6.04 Å². The van der Waals surface area contributed by atoms with Crippen LogP contribution in [0.4, 0.5) is 0 Å². The van der Waals surface area contributed by atoms with Crippen molar-refractivity contribution < 1.29 is 0 Å². The molecular formula is C11H16BrN. The molecule has 72 valence electrons. The SMILES string of the molecule is Cc1cc(C(C)C(C)N)ccc1Br. The lowest BCUT2D eigenvalue weighted by Crippen LogP contribution is -2.22. The predicted octanol–water partition coefficient (Wildman–Crippen LogP) is 3.21. The smallest absolute Gasteiger partial charge is 0.0204 e. The van der Waals surface area contributed by atoms with Crippen LogP contribution in [0.3, 0.4) is 0 Å². The molecule has 0 saturated heterocycles. The fourth-order valence-electron chi connectivity index (χ4n) is 1.25. The number of aryl methyl sites for hydroxylation is 1. The van der Waals surface area contributed by atoms with E-state index in [4.69, 9.17) is 5.73 Å². The van der Waals surface area contributed by atoms with Crippen molar-refractivity contribution >= 4 is 15.9 Å². The second kappa shape index (κ2) is 4.25. The molecule has 1 aromatic rings. The van der Waals surface area contributed by atoms with Gasteiger partial charge in [0.1, 0.15) is 0 Å². The van der Waals surface area contributed by atoms with Gasteiger partial charge < -0.3 is 5.73 Å². The molecule has 0 amide bonds. The molecule has 0 aliphatic heterocycles. The molecule has 0 bridgehead atoms. The lowest BCUT2D eigenvalue weighted by molar-refractivity contribution is 0.612. The van der Waals surface area contributed by atoms with Gasteiger partial charge in [0.2, 0.25) is 0 Å². The molecule has 2 atom stereocenters. The van der Waals surface area contributed by atoms with Crippen LogP contribution in [0, 0.1) is 6.92 Å². The molecule has 2 heteroatoms. The van der Waals surface area contributed by atoms with Crippen LogP contribution < -0.4 is 5.73 Å². The summed E-state index contributed by atoms with van der Waals surface area (Å²) < 4.78 is 1.16. The summed E-state index contributed by atoms with van der Waals surface area (Å²) in [6.45, 7) is 6.30. The van der Waals surface area contributed by atoms with E-state index in [2.05, 4.69) is 48.0 Å². The van der Waals surface area contributed by atoms with Gasteiger partial charge in [0.05, 0.1) is 0 Å². The fraction of sp³-hybridized carbons (Fsp3) is 0.455. The first-order chi connectivity index (χ1) is 6.02. The van der Waals surface area contributed by atoms with Crippen molar-refractivity contribution in [2.75, 3.05) is 0 Å². The Morgan fingerprint density at radius 1 is 1.31 bits per heavy atom. The van der Waals surface area contributed by atoms with Crippen molar-refractivity contribution in [3.05, 3.63) is 33.8 Å². The third-order valence-electron chi connectivity index (χ3n) is 2.50. The van der Waals surface area contributed by atoms with Gasteiger partial charge in [0.15, 0.2) is 0 Å². The highest BCUT2D eigenvalue weighted by Gasteiger charge is 2.10. The monoisotopic (exact) mass is 241 g/mol. The van der Waals surface area contributed by atoms with Gasteiger partial charge in [-0.25, -0.2) is 0 Å². The number of rotatable bonds is 2. The summed E-state index contributed by atoms with van der Waals surface area (Å²) in [5, 5.41) is 0. The zero-order valence-electron chi connectivity index (χ0n) is 8.34. The van der Waals surface area contributed by atoms with Crippen molar-refractivity contribution in [1.82, 2.24) is 0 Å². The molecular weight excluding hydrogens is 226 g/mol. The van der Waals surface area contributed by atoms with Gasteiger partial charge in [-0.2, -0.15) is 0 Å². The molecule has 0 aromatic heterocycles. The van der Waals surface area contributed by atoms with Crippen molar-refractivity contribution in [1.29, 1.82) is 0 Å². The van der Waals surface area contributed by atoms with Crippen LogP contribution >= 0.6 is 15.9 Å². The largest absolute Gasteiger partial charge is 0.327 e. The summed E-state index contributed by atoms with van der Waals surface area (Å²) in [5.41, 5.74) is 8.43. The summed E-state index contributed by atoms with van der Waals surface area (Å²) in [6.07, 6.45) is 0. The molecule has 0 heterocycles. The normalized spacial score (nSPS) is 15.5. The van der Waals surface area contributed by atoms with Gasteiger partial charge >= 0.3 is 0 Å². The fourth-order valence-corrected chi connectivity index (χ4v) is 1.50. The van der Waals surface area contributed by atoms with Crippen molar-refractivity contribution in [2.24, 2.45) is 5.73 Å². The molecule has 0 aliphatic rings. The maximum Gasteiger partial charge on any atom is 0.0204 e. The summed E-state index contributed by atoms with van der Waals surface area (Å²) in [7, 11) is 0. The Morgan fingerprint density at radius 2 is 1.92 bits per heavy atom. The average molecular weight is 242 g/mol. The molecule has 0 radical (unpaired) electrons. The molecule has 1 nitrogen and oxygen atoms in total. The molecule has 1 aromatic carbocycles. The molecule has 1 rings (SSSR count). The lowest BCUT2D eigenvalue weighted by atomic mass is 9.94. The van der Waals surface area contributed by atoms with E-state index in [0.29, 0.717) is 5.92 Å². The maximum absolute atomic E-state index is 5.84. The van der Waals surface area contributed by atoms with Gasteiger partial charge in [-0.3, -0.25) is 0 Å². The van der Waals surface area contributed by atoms with E-state index in [-0.39, 0.29) is 6.04 Å². The van der Waals surface area contributed by atoms with Crippen molar-refractivity contribution in [2.45, 2.75) is 32.7 Å². The van der Waals surface area contributed by atoms with Crippen LogP contribution in [0.5, 0.6) is 0 Å². The quantitative estimate of drug-likeness (QED) is 0.846. The molecule has 13 heavy (non-hydrogen) atoms. The minimum absolute atomic E-state index is 0.209. The molecule has 0 aliphatic carbocycles. The second-order valence-corrected chi connectivity index (χ2v) is 4.51. The first-order valence-corrected chi connectivity index (χ1v) is 5.33. The van der Waals surface area contributed by atoms with Crippen molar-refractivity contribution in [3.63, 3.8) is 0 Å². The highest BCUT2D eigenvalue weighted by atomic mass is 79.9. The lowest BCUT2D eigenvalue weighted by Gasteiger charge is -2.16. The second-order valence-electron chi connectivity index (χ2n) is 3.66. The number of nitrogens with two attached hydrogens (primary N) is 1. The maximum atomic E-state index is 5.84. The van der Waals surface area contributed by atoms with Gasteiger partial charge in [-0.1, -0.05) is 35.0 Å². The Morgan fingerprint density at radius 3 is 2.38 bits per heavy atom. The number of benzene rings is 1. The topological polar surface area (TPSA) is 26.0 Å². The third-order valence-corrected chi connectivity index (χ3v) is 3.39. The van der Waals surface area contributed by atoms with Crippen LogP contribution in [0.25, 0.3) is 0 Å². The summed E-state index contributed by atoms with van der Waals surface area (Å²) in [4.78, 5) is 0. The molecule has 0 fully saturated rings. The van der Waals surface area contributed by atoms with E-state index < -0.39 is 0 Å². The van der Waals surface area contributed by atoms with Crippen LogP contribution in [-0.2, 0) is 0 Å². The number of hydrogen-bond acceptors (Lipinski definition) is 1. The zero-order valence-corrected chi connectivity index (χ0v) is 9.93. The van der Waals surface area contributed by atoms with Crippen molar-refractivity contribution in [3.8, 4) is 0 Å². The molecule has 2 N–H and O–H groups in total. The average Bonchev–Trinajstić information content (AvgIpc) is 2.08. The zero-order chi connectivity index (χ0) is 10.0. The van der Waals surface area contributed by atoms with Gasteiger partial charge in [0, 0.05) is 10.5 Å². The summed E-state index contributed by atoms with van der Waals surface area (Å²) >= 11 is 3.48. The minimum Gasteiger partial charge on any atom is -0.327 e. The van der Waals surface area contributed by atoms with E-state index >= 15 is 0 Å². The van der Waals surface area contributed by atoms with E-state index in [9.17, 15) is 0 Å². The van der Waals surface area contributed by atoms with E-state index in [1.165, 1.54) is 11.1 Å². The Balaban J connectivity index is 2.97. The van der Waals surface area contributed by atoms with Crippen LogP contribution in [0.2, 0.25) is 0 Å². The predicted molar refractivity (Wildman–Crippen MR) is 60.9 cm³/mol.